The quantitative estimate of drug-likeness (QED) is 0.235. The molecule has 0 N–H and O–H groups in total. The number of rotatable bonds is 6. The van der Waals surface area contributed by atoms with Gasteiger partial charge in [-0.15, -0.1) is 11.3 Å². The SMILES string of the molecule is C=C1CN(Sc2cnc3c(c2)OCCN3C)CC(C2CCCCC2)N1c1cc(-c2ccccc2)sc1C(C)=O. The van der Waals surface area contributed by atoms with Crippen LogP contribution in [0.2, 0.25) is 0 Å². The molecule has 0 spiro atoms. The largest absolute Gasteiger partial charge is 0.488 e. The van der Waals surface area contributed by atoms with Gasteiger partial charge in [-0.2, -0.15) is 0 Å². The summed E-state index contributed by atoms with van der Waals surface area (Å²) in [6.45, 7) is 9.44. The van der Waals surface area contributed by atoms with E-state index in [4.69, 9.17) is 9.72 Å². The topological polar surface area (TPSA) is 48.9 Å². The fraction of sp³-hybridized carbons (Fsp3) is 0.419. The van der Waals surface area contributed by atoms with Crippen molar-refractivity contribution in [2.24, 2.45) is 5.92 Å². The number of Topliss-reactive ketones (excluding diaryl/α,β-unsaturated/α-hetero) is 1. The molecule has 6 nitrogen and oxygen atoms in total. The summed E-state index contributed by atoms with van der Waals surface area (Å²) >= 11 is 3.34. The summed E-state index contributed by atoms with van der Waals surface area (Å²) < 4.78 is 8.34. The zero-order valence-electron chi connectivity index (χ0n) is 22.8. The first kappa shape index (κ1) is 26.4. The van der Waals surface area contributed by atoms with E-state index in [1.807, 2.05) is 12.3 Å². The summed E-state index contributed by atoms with van der Waals surface area (Å²) in [6, 6.07) is 15.0. The molecule has 2 aromatic heterocycles. The van der Waals surface area contributed by atoms with Crippen molar-refractivity contribution in [3.63, 3.8) is 0 Å². The minimum atomic E-state index is 0.120. The number of ketones is 1. The lowest BCUT2D eigenvalue weighted by atomic mass is 9.82. The molecule has 4 heterocycles. The van der Waals surface area contributed by atoms with E-state index >= 15 is 0 Å². The summed E-state index contributed by atoms with van der Waals surface area (Å²) in [5, 5.41) is 0. The van der Waals surface area contributed by atoms with E-state index in [1.54, 1.807) is 30.2 Å². The van der Waals surface area contributed by atoms with Crippen LogP contribution in [0, 0.1) is 5.92 Å². The number of carbonyl (C=O) groups is 1. The lowest BCUT2D eigenvalue weighted by molar-refractivity contribution is 0.102. The van der Waals surface area contributed by atoms with Crippen LogP contribution >= 0.6 is 23.3 Å². The fourth-order valence-electron chi connectivity index (χ4n) is 6.13. The molecule has 1 aliphatic carbocycles. The van der Waals surface area contributed by atoms with E-state index in [1.165, 1.54) is 32.1 Å². The van der Waals surface area contributed by atoms with Gasteiger partial charge in [-0.05, 0) is 42.3 Å². The molecule has 1 unspecified atom stereocenters. The summed E-state index contributed by atoms with van der Waals surface area (Å²) in [5.41, 5.74) is 3.23. The second kappa shape index (κ2) is 11.4. The van der Waals surface area contributed by atoms with Gasteiger partial charge >= 0.3 is 0 Å². The Labute approximate surface area is 239 Å². The number of hydrogen-bond donors (Lipinski definition) is 0. The molecule has 1 aromatic carbocycles. The van der Waals surface area contributed by atoms with Gasteiger partial charge < -0.3 is 14.5 Å². The molecular weight excluding hydrogens is 525 g/mol. The predicted octanol–water partition coefficient (Wildman–Crippen LogP) is 7.13. The molecular formula is C31H36N4O2S2. The van der Waals surface area contributed by atoms with Crippen molar-refractivity contribution in [3.8, 4) is 16.2 Å². The van der Waals surface area contributed by atoms with Crippen molar-refractivity contribution >= 4 is 40.6 Å². The molecule has 1 atom stereocenters. The Morgan fingerprint density at radius 3 is 2.72 bits per heavy atom. The van der Waals surface area contributed by atoms with Crippen LogP contribution in [0.4, 0.5) is 11.5 Å². The van der Waals surface area contributed by atoms with Crippen molar-refractivity contribution in [3.05, 3.63) is 65.8 Å². The van der Waals surface area contributed by atoms with Crippen molar-refractivity contribution in [2.75, 3.05) is 43.1 Å². The van der Waals surface area contributed by atoms with E-state index in [-0.39, 0.29) is 11.8 Å². The number of pyridine rings is 1. The minimum absolute atomic E-state index is 0.120. The second-order valence-corrected chi connectivity index (χ2v) is 13.0. The van der Waals surface area contributed by atoms with Gasteiger partial charge in [-0.3, -0.25) is 4.79 Å². The number of hydrogen-bond acceptors (Lipinski definition) is 8. The second-order valence-electron chi connectivity index (χ2n) is 10.8. The van der Waals surface area contributed by atoms with E-state index in [0.29, 0.717) is 12.5 Å². The maximum atomic E-state index is 12.9. The van der Waals surface area contributed by atoms with E-state index in [9.17, 15) is 4.79 Å². The lowest BCUT2D eigenvalue weighted by Gasteiger charge is -2.47. The van der Waals surface area contributed by atoms with Crippen molar-refractivity contribution in [1.82, 2.24) is 9.29 Å². The van der Waals surface area contributed by atoms with Crippen LogP contribution in [0.15, 0.2) is 65.8 Å². The summed E-state index contributed by atoms with van der Waals surface area (Å²) in [5.74, 6) is 2.45. The number of nitrogens with zero attached hydrogens (tertiary/aromatic N) is 4. The first-order valence-corrected chi connectivity index (χ1v) is 15.5. The molecule has 0 amide bonds. The molecule has 2 aliphatic heterocycles. The monoisotopic (exact) mass is 560 g/mol. The third-order valence-corrected chi connectivity index (χ3v) is 10.3. The van der Waals surface area contributed by atoms with Gasteiger partial charge in [0.15, 0.2) is 17.4 Å². The Morgan fingerprint density at radius 2 is 1.95 bits per heavy atom. The lowest BCUT2D eigenvalue weighted by Crippen LogP contribution is -2.53. The first-order chi connectivity index (χ1) is 19.0. The smallest absolute Gasteiger partial charge is 0.171 e. The highest BCUT2D eigenvalue weighted by atomic mass is 32.2. The maximum absolute atomic E-state index is 12.9. The third-order valence-electron chi connectivity index (χ3n) is 8.05. The average molecular weight is 561 g/mol. The number of piperazine rings is 1. The van der Waals surface area contributed by atoms with E-state index in [2.05, 4.69) is 64.1 Å². The number of carbonyl (C=O) groups excluding carboxylic acids is 1. The van der Waals surface area contributed by atoms with E-state index < -0.39 is 0 Å². The normalized spacial score (nSPS) is 20.6. The molecule has 8 heteroatoms. The Kier molecular flexibility index (Phi) is 7.69. The number of thiophene rings is 1. The molecule has 3 aromatic rings. The van der Waals surface area contributed by atoms with E-state index in [0.717, 1.165) is 62.8 Å². The molecule has 39 heavy (non-hydrogen) atoms. The minimum Gasteiger partial charge on any atom is -0.488 e. The number of aromatic nitrogens is 1. The molecule has 2 fully saturated rings. The van der Waals surface area contributed by atoms with Gasteiger partial charge in [0.25, 0.3) is 0 Å². The van der Waals surface area contributed by atoms with Crippen LogP contribution in [-0.4, -0.2) is 54.4 Å². The summed E-state index contributed by atoms with van der Waals surface area (Å²) in [7, 11) is 2.06. The molecule has 1 saturated carbocycles. The summed E-state index contributed by atoms with van der Waals surface area (Å²) in [4.78, 5) is 25.2. The standard InChI is InChI=1S/C31H36N4O2S2/c1-21-19-34(39-25-16-28-31(32-18-25)33(3)14-15-37-28)20-27(23-10-6-4-7-11-23)35(21)26-17-29(38-30(26)22(2)36)24-12-8-5-9-13-24/h5,8-9,12-13,16-18,23,27H,1,4,6-7,10-11,14-15,19-20H2,2-3H3. The van der Waals surface area contributed by atoms with Gasteiger partial charge in [0, 0.05) is 54.8 Å². The molecule has 6 rings (SSSR count). The molecule has 204 valence electrons. The van der Waals surface area contributed by atoms with Crippen molar-refractivity contribution in [2.45, 2.75) is 50.0 Å². The van der Waals surface area contributed by atoms with Gasteiger partial charge in [-0.25, -0.2) is 9.29 Å². The number of likely N-dealkylation sites (N-methyl/N-ethyl adjacent to an activating group) is 1. The number of anilines is 2. The first-order valence-electron chi connectivity index (χ1n) is 13.9. The van der Waals surface area contributed by atoms with Gasteiger partial charge in [-0.1, -0.05) is 56.2 Å². The zero-order valence-corrected chi connectivity index (χ0v) is 24.4. The van der Waals surface area contributed by atoms with Gasteiger partial charge in [0.1, 0.15) is 6.61 Å². The molecule has 1 saturated heterocycles. The van der Waals surface area contributed by atoms with Crippen LogP contribution in [-0.2, 0) is 0 Å². The fourth-order valence-corrected chi connectivity index (χ4v) is 8.18. The van der Waals surface area contributed by atoms with Crippen LogP contribution in [0.1, 0.15) is 48.7 Å². The highest BCUT2D eigenvalue weighted by molar-refractivity contribution is 7.97. The Hall–Kier alpha value is -2.81. The Balaban J connectivity index is 1.31. The molecule has 0 radical (unpaired) electrons. The highest BCUT2D eigenvalue weighted by Crippen LogP contribution is 2.44. The zero-order chi connectivity index (χ0) is 26.9. The highest BCUT2D eigenvalue weighted by Gasteiger charge is 2.38. The van der Waals surface area contributed by atoms with Crippen LogP contribution in [0.25, 0.3) is 10.4 Å². The van der Waals surface area contributed by atoms with Crippen molar-refractivity contribution < 1.29 is 9.53 Å². The van der Waals surface area contributed by atoms with Crippen LogP contribution in [0.5, 0.6) is 5.75 Å². The number of ether oxygens (including phenoxy) is 1. The third kappa shape index (κ3) is 5.47. The maximum Gasteiger partial charge on any atom is 0.171 e. The Morgan fingerprint density at radius 1 is 1.15 bits per heavy atom. The van der Waals surface area contributed by atoms with Crippen LogP contribution in [0.3, 0.4) is 0 Å². The van der Waals surface area contributed by atoms with Gasteiger partial charge in [0.2, 0.25) is 0 Å². The molecule has 0 bridgehead atoms. The Bertz CT molecular complexity index is 1350. The van der Waals surface area contributed by atoms with Crippen LogP contribution < -0.4 is 14.5 Å². The predicted molar refractivity (Wildman–Crippen MR) is 162 cm³/mol. The number of fused-ring (bicyclic) bond motifs is 1. The summed E-state index contributed by atoms with van der Waals surface area (Å²) in [6.07, 6.45) is 8.25. The average Bonchev–Trinajstić information content (AvgIpc) is 3.39. The van der Waals surface area contributed by atoms with Gasteiger partial charge in [0.05, 0.1) is 23.2 Å². The van der Waals surface area contributed by atoms with Crippen molar-refractivity contribution in [1.29, 1.82) is 0 Å². The molecule has 3 aliphatic rings. The number of benzene rings is 1.